The second kappa shape index (κ2) is 10.2. The van der Waals surface area contributed by atoms with E-state index in [1.54, 1.807) is 7.11 Å². The van der Waals surface area contributed by atoms with E-state index < -0.39 is 0 Å². The van der Waals surface area contributed by atoms with Crippen LogP contribution in [0.1, 0.15) is 38.5 Å². The highest BCUT2D eigenvalue weighted by Gasteiger charge is 2.43. The first-order valence-corrected chi connectivity index (χ1v) is 8.98. The van der Waals surface area contributed by atoms with Crippen LogP contribution in [0.2, 0.25) is 0 Å². The van der Waals surface area contributed by atoms with Crippen LogP contribution in [0, 0.1) is 5.41 Å². The summed E-state index contributed by atoms with van der Waals surface area (Å²) in [5, 5.41) is 3.37. The molecule has 7 heteroatoms. The minimum absolute atomic E-state index is 0. The Kier molecular flexibility index (Phi) is 9.31. The Morgan fingerprint density at radius 3 is 2.21 bits per heavy atom. The van der Waals surface area contributed by atoms with Crippen molar-refractivity contribution in [2.45, 2.75) is 44.6 Å². The van der Waals surface area contributed by atoms with Gasteiger partial charge in [-0.25, -0.2) is 0 Å². The van der Waals surface area contributed by atoms with Gasteiger partial charge in [-0.05, 0) is 64.7 Å². The van der Waals surface area contributed by atoms with E-state index in [-0.39, 0.29) is 30.2 Å². The highest BCUT2D eigenvalue weighted by Crippen LogP contribution is 2.33. The molecule has 0 atom stereocenters. The number of ether oxygens (including phenoxy) is 1. The molecule has 142 valence electrons. The van der Waals surface area contributed by atoms with Crippen molar-refractivity contribution in [1.82, 2.24) is 15.1 Å². The fourth-order valence-corrected chi connectivity index (χ4v) is 4.48. The van der Waals surface area contributed by atoms with E-state index in [0.717, 1.165) is 51.9 Å². The molecule has 3 heterocycles. The van der Waals surface area contributed by atoms with Gasteiger partial charge in [0.15, 0.2) is 0 Å². The standard InChI is InChI=1S/C17H31N3O2.2ClH/c1-22-14-17(6-8-18-9-7-17)16(21)20-12-4-15(5-13-20)19-10-2-3-11-19;;/h15,18H,2-14H2,1H3;2*1H. The maximum absolute atomic E-state index is 13.1. The Morgan fingerprint density at radius 2 is 1.67 bits per heavy atom. The molecule has 0 aromatic carbocycles. The highest BCUT2D eigenvalue weighted by atomic mass is 35.5. The average Bonchev–Trinajstić information content (AvgIpc) is 3.10. The minimum atomic E-state index is -0.277. The summed E-state index contributed by atoms with van der Waals surface area (Å²) in [4.78, 5) is 17.9. The number of nitrogens with zero attached hydrogens (tertiary/aromatic N) is 2. The second-order valence-corrected chi connectivity index (χ2v) is 7.23. The molecule has 3 aliphatic rings. The van der Waals surface area contributed by atoms with Crippen molar-refractivity contribution in [3.63, 3.8) is 0 Å². The van der Waals surface area contributed by atoms with Crippen molar-refractivity contribution in [1.29, 1.82) is 0 Å². The molecule has 5 nitrogen and oxygen atoms in total. The number of nitrogens with one attached hydrogen (secondary N) is 1. The van der Waals surface area contributed by atoms with Crippen molar-refractivity contribution < 1.29 is 9.53 Å². The number of methoxy groups -OCH3 is 1. The van der Waals surface area contributed by atoms with Gasteiger partial charge in [0.05, 0.1) is 12.0 Å². The second-order valence-electron chi connectivity index (χ2n) is 7.23. The Labute approximate surface area is 158 Å². The molecule has 1 N–H and O–H groups in total. The Bertz CT molecular complexity index is 373. The van der Waals surface area contributed by atoms with E-state index >= 15 is 0 Å². The van der Waals surface area contributed by atoms with Crippen LogP contribution in [-0.4, -0.2) is 74.7 Å². The van der Waals surface area contributed by atoms with Crippen LogP contribution in [-0.2, 0) is 9.53 Å². The molecule has 0 saturated carbocycles. The maximum atomic E-state index is 13.1. The number of likely N-dealkylation sites (tertiary alicyclic amines) is 2. The first-order valence-electron chi connectivity index (χ1n) is 8.98. The smallest absolute Gasteiger partial charge is 0.231 e. The summed E-state index contributed by atoms with van der Waals surface area (Å²) in [7, 11) is 1.72. The number of piperidine rings is 2. The number of amides is 1. The average molecular weight is 382 g/mol. The lowest BCUT2D eigenvalue weighted by molar-refractivity contribution is -0.149. The topological polar surface area (TPSA) is 44.8 Å². The third-order valence-electron chi connectivity index (χ3n) is 5.84. The molecule has 3 aliphatic heterocycles. The SMILES string of the molecule is COCC1(C(=O)N2CCC(N3CCCC3)CC2)CCNCC1.Cl.Cl. The van der Waals surface area contributed by atoms with Crippen LogP contribution < -0.4 is 5.32 Å². The van der Waals surface area contributed by atoms with Gasteiger partial charge < -0.3 is 19.9 Å². The van der Waals surface area contributed by atoms with E-state index in [4.69, 9.17) is 4.74 Å². The summed E-state index contributed by atoms with van der Waals surface area (Å²) in [6.45, 7) is 6.81. The van der Waals surface area contributed by atoms with Gasteiger partial charge >= 0.3 is 0 Å². The Hall–Kier alpha value is -0.0700. The largest absolute Gasteiger partial charge is 0.384 e. The number of hydrogen-bond acceptors (Lipinski definition) is 4. The van der Waals surface area contributed by atoms with Crippen LogP contribution in [0.15, 0.2) is 0 Å². The predicted molar refractivity (Wildman–Crippen MR) is 101 cm³/mol. The zero-order chi connectivity index (χ0) is 15.4. The lowest BCUT2D eigenvalue weighted by Gasteiger charge is -2.43. The third kappa shape index (κ3) is 4.76. The number of rotatable bonds is 4. The van der Waals surface area contributed by atoms with Gasteiger partial charge in [0, 0.05) is 26.2 Å². The molecule has 24 heavy (non-hydrogen) atoms. The predicted octanol–water partition coefficient (Wildman–Crippen LogP) is 1.93. The van der Waals surface area contributed by atoms with E-state index in [9.17, 15) is 4.79 Å². The van der Waals surface area contributed by atoms with Crippen LogP contribution in [0.25, 0.3) is 0 Å². The van der Waals surface area contributed by atoms with Gasteiger partial charge in [-0.1, -0.05) is 0 Å². The fraction of sp³-hybridized carbons (Fsp3) is 0.941. The van der Waals surface area contributed by atoms with Crippen molar-refractivity contribution >= 4 is 30.7 Å². The number of carbonyl (C=O) groups excluding carboxylic acids is 1. The van der Waals surface area contributed by atoms with Gasteiger partial charge in [-0.3, -0.25) is 4.79 Å². The normalized spacial score (nSPS) is 25.0. The quantitative estimate of drug-likeness (QED) is 0.807. The van der Waals surface area contributed by atoms with E-state index in [0.29, 0.717) is 18.6 Å². The van der Waals surface area contributed by atoms with Crippen molar-refractivity contribution in [2.24, 2.45) is 5.41 Å². The molecule has 0 aromatic rings. The van der Waals surface area contributed by atoms with Crippen LogP contribution in [0.3, 0.4) is 0 Å². The lowest BCUT2D eigenvalue weighted by Crippen LogP contribution is -2.54. The Balaban J connectivity index is 0.00000144. The molecule has 0 spiro atoms. The zero-order valence-electron chi connectivity index (χ0n) is 14.8. The summed E-state index contributed by atoms with van der Waals surface area (Å²) < 4.78 is 5.42. The molecule has 1 amide bonds. The summed E-state index contributed by atoms with van der Waals surface area (Å²) >= 11 is 0. The van der Waals surface area contributed by atoms with Gasteiger partial charge in [-0.15, -0.1) is 24.8 Å². The van der Waals surface area contributed by atoms with Crippen molar-refractivity contribution in [3.05, 3.63) is 0 Å². The molecule has 0 bridgehead atoms. The zero-order valence-corrected chi connectivity index (χ0v) is 16.4. The molecular weight excluding hydrogens is 349 g/mol. The van der Waals surface area contributed by atoms with Crippen molar-refractivity contribution in [3.8, 4) is 0 Å². The molecule has 3 saturated heterocycles. The molecule has 3 rings (SSSR count). The van der Waals surface area contributed by atoms with Gasteiger partial charge in [0.1, 0.15) is 0 Å². The van der Waals surface area contributed by atoms with E-state index in [1.807, 2.05) is 0 Å². The van der Waals surface area contributed by atoms with Gasteiger partial charge in [0.25, 0.3) is 0 Å². The van der Waals surface area contributed by atoms with E-state index in [2.05, 4.69) is 15.1 Å². The van der Waals surface area contributed by atoms with Crippen molar-refractivity contribution in [2.75, 3.05) is 53.0 Å². The Morgan fingerprint density at radius 1 is 1.08 bits per heavy atom. The number of halogens is 2. The summed E-state index contributed by atoms with van der Waals surface area (Å²) in [6.07, 6.45) is 6.81. The minimum Gasteiger partial charge on any atom is -0.384 e. The molecule has 0 radical (unpaired) electrons. The maximum Gasteiger partial charge on any atom is 0.231 e. The fourth-order valence-electron chi connectivity index (χ4n) is 4.48. The van der Waals surface area contributed by atoms with Crippen LogP contribution >= 0.6 is 24.8 Å². The van der Waals surface area contributed by atoms with Gasteiger partial charge in [0.2, 0.25) is 5.91 Å². The summed E-state index contributed by atoms with van der Waals surface area (Å²) in [5.74, 6) is 0.343. The first-order chi connectivity index (χ1) is 10.7. The molecule has 0 aliphatic carbocycles. The van der Waals surface area contributed by atoms with E-state index in [1.165, 1.54) is 25.9 Å². The molecule has 3 fully saturated rings. The third-order valence-corrected chi connectivity index (χ3v) is 5.84. The summed E-state index contributed by atoms with van der Waals surface area (Å²) in [5.41, 5.74) is -0.277. The lowest BCUT2D eigenvalue weighted by atomic mass is 9.78. The summed E-state index contributed by atoms with van der Waals surface area (Å²) in [6, 6.07) is 0.706. The van der Waals surface area contributed by atoms with Gasteiger partial charge in [-0.2, -0.15) is 0 Å². The van der Waals surface area contributed by atoms with Crippen LogP contribution in [0.5, 0.6) is 0 Å². The number of hydrogen-bond donors (Lipinski definition) is 1. The molecule has 0 unspecified atom stereocenters. The first kappa shape index (κ1) is 22.0. The molecular formula is C17H33Cl2N3O2. The monoisotopic (exact) mass is 381 g/mol. The van der Waals surface area contributed by atoms with Crippen LogP contribution in [0.4, 0.5) is 0 Å². The highest BCUT2D eigenvalue weighted by molar-refractivity contribution is 5.85. The molecule has 0 aromatic heterocycles. The number of carbonyl (C=O) groups is 1.